The summed E-state index contributed by atoms with van der Waals surface area (Å²) in [6.45, 7) is 16.2. The molecule has 5 aliphatic carbocycles. The monoisotopic (exact) mass is 618 g/mol. The van der Waals surface area contributed by atoms with Crippen molar-refractivity contribution in [1.29, 1.82) is 0 Å². The topological polar surface area (TPSA) is 104 Å². The molecule has 0 aromatic heterocycles. The van der Waals surface area contributed by atoms with Gasteiger partial charge in [-0.15, -0.1) is 0 Å². The Labute approximate surface area is 269 Å². The molecule has 1 aromatic rings. The number of aliphatic hydroxyl groups excluding tert-OH is 1. The lowest BCUT2D eigenvalue weighted by Crippen LogP contribution is -2.67. The molecule has 246 valence electrons. The lowest BCUT2D eigenvalue weighted by Gasteiger charge is -2.71. The molecular formula is C39H54O6. The summed E-state index contributed by atoms with van der Waals surface area (Å²) in [7, 11) is 0. The number of hydrogen-bond donors (Lipinski definition) is 3. The first-order valence-corrected chi connectivity index (χ1v) is 17.3. The first-order valence-electron chi connectivity index (χ1n) is 17.3. The lowest BCUT2D eigenvalue weighted by atomic mass is 9.33. The first kappa shape index (κ1) is 32.3. The minimum absolute atomic E-state index is 0.0143. The number of hydrogen-bond acceptors (Lipinski definition) is 5. The number of aliphatic hydroxyl groups is 1. The average Bonchev–Trinajstić information content (AvgIpc) is 2.97. The van der Waals surface area contributed by atoms with E-state index in [9.17, 15) is 24.9 Å². The molecule has 0 spiro atoms. The van der Waals surface area contributed by atoms with Gasteiger partial charge in [-0.05, 0) is 121 Å². The van der Waals surface area contributed by atoms with Gasteiger partial charge in [-0.1, -0.05) is 72.2 Å². The van der Waals surface area contributed by atoms with Crippen molar-refractivity contribution < 1.29 is 29.6 Å². The van der Waals surface area contributed by atoms with Crippen LogP contribution in [0.2, 0.25) is 0 Å². The van der Waals surface area contributed by atoms with Crippen molar-refractivity contribution in [3.05, 3.63) is 47.6 Å². The Hall–Kier alpha value is -2.60. The summed E-state index contributed by atoms with van der Waals surface area (Å²) >= 11 is 0. The third-order valence-corrected chi connectivity index (χ3v) is 14.9. The Balaban J connectivity index is 1.29. The maximum Gasteiger partial charge on any atom is 0.331 e. The molecule has 6 heteroatoms. The van der Waals surface area contributed by atoms with Crippen molar-refractivity contribution in [2.75, 3.05) is 0 Å². The van der Waals surface area contributed by atoms with Gasteiger partial charge in [0.1, 0.15) is 11.9 Å². The second kappa shape index (κ2) is 10.7. The molecular weight excluding hydrogens is 564 g/mol. The quantitative estimate of drug-likeness (QED) is 0.179. The zero-order valence-electron chi connectivity index (χ0n) is 28.3. The third kappa shape index (κ3) is 4.58. The Bertz CT molecular complexity index is 1410. The van der Waals surface area contributed by atoms with Crippen LogP contribution < -0.4 is 0 Å². The van der Waals surface area contributed by atoms with Crippen molar-refractivity contribution in [2.45, 2.75) is 112 Å². The zero-order chi connectivity index (χ0) is 32.7. The molecule has 1 aromatic carbocycles. The first-order chi connectivity index (χ1) is 21.0. The van der Waals surface area contributed by atoms with Crippen LogP contribution in [0.4, 0.5) is 0 Å². The summed E-state index contributed by atoms with van der Waals surface area (Å²) in [6, 6.07) is 6.62. The van der Waals surface area contributed by atoms with E-state index in [-0.39, 0.29) is 33.8 Å². The van der Waals surface area contributed by atoms with Crippen LogP contribution in [0.1, 0.15) is 105 Å². The molecule has 4 saturated carbocycles. The van der Waals surface area contributed by atoms with Gasteiger partial charge >= 0.3 is 11.9 Å². The Morgan fingerprint density at radius 3 is 2.29 bits per heavy atom. The smallest absolute Gasteiger partial charge is 0.331 e. The lowest BCUT2D eigenvalue weighted by molar-refractivity contribution is -0.238. The summed E-state index contributed by atoms with van der Waals surface area (Å²) in [5.74, 6) is 0.617. The SMILES string of the molecule is C[C@H]1[C@H](C)CC[C@]2(C(=O)O)CC[C@]3(C)C(=CC[C@H]4[C@@]5(C)C[C@@H](O)[C@H](OC(=O)/C=C/c6ccc(O)cc6)C(C)(C)[C@H]5CC[C@]43C)[C@H]12. The van der Waals surface area contributed by atoms with Gasteiger partial charge in [0.15, 0.2) is 0 Å². The number of aromatic hydroxyl groups is 1. The highest BCUT2D eigenvalue weighted by Gasteiger charge is 2.70. The second-order valence-corrected chi connectivity index (χ2v) is 17.0. The van der Waals surface area contributed by atoms with Crippen molar-refractivity contribution in [1.82, 2.24) is 0 Å². The predicted octanol–water partition coefficient (Wildman–Crippen LogP) is 8.03. The largest absolute Gasteiger partial charge is 0.508 e. The number of rotatable bonds is 4. The normalized spacial score (nSPS) is 45.3. The second-order valence-electron chi connectivity index (χ2n) is 17.0. The van der Waals surface area contributed by atoms with Gasteiger partial charge in [0.05, 0.1) is 11.5 Å². The number of esters is 1. The molecule has 0 saturated heterocycles. The number of carbonyl (C=O) groups is 2. The molecule has 0 heterocycles. The van der Waals surface area contributed by atoms with Crippen LogP contribution in [0.25, 0.3) is 6.08 Å². The number of phenols is 1. The van der Waals surface area contributed by atoms with Crippen molar-refractivity contribution in [3.63, 3.8) is 0 Å². The number of phenolic OH excluding ortho intramolecular Hbond substituents is 1. The minimum Gasteiger partial charge on any atom is -0.508 e. The molecule has 6 nitrogen and oxygen atoms in total. The van der Waals surface area contributed by atoms with E-state index in [1.807, 2.05) is 0 Å². The van der Waals surface area contributed by atoms with Gasteiger partial charge in [0.2, 0.25) is 0 Å². The Morgan fingerprint density at radius 2 is 1.62 bits per heavy atom. The van der Waals surface area contributed by atoms with E-state index in [1.165, 1.54) is 11.6 Å². The predicted molar refractivity (Wildman–Crippen MR) is 175 cm³/mol. The number of carboxylic acid groups (broad SMARTS) is 1. The van der Waals surface area contributed by atoms with E-state index in [1.54, 1.807) is 30.3 Å². The van der Waals surface area contributed by atoms with Crippen LogP contribution in [0.15, 0.2) is 42.0 Å². The van der Waals surface area contributed by atoms with Crippen LogP contribution in [0, 0.1) is 56.7 Å². The number of fused-ring (bicyclic) bond motifs is 7. The van der Waals surface area contributed by atoms with E-state index in [2.05, 4.69) is 54.5 Å². The van der Waals surface area contributed by atoms with Gasteiger partial charge in [0, 0.05) is 11.5 Å². The van der Waals surface area contributed by atoms with E-state index in [0.717, 1.165) is 50.5 Å². The number of aliphatic carboxylic acids is 1. The highest BCUT2D eigenvalue weighted by atomic mass is 16.6. The number of allylic oxidation sites excluding steroid dienone is 2. The van der Waals surface area contributed by atoms with Crippen molar-refractivity contribution in [3.8, 4) is 5.75 Å². The Kier molecular flexibility index (Phi) is 7.70. The molecule has 6 rings (SSSR count). The molecule has 5 aliphatic rings. The molecule has 0 aliphatic heterocycles. The third-order valence-electron chi connectivity index (χ3n) is 14.9. The number of carboxylic acids is 1. The summed E-state index contributed by atoms with van der Waals surface area (Å²) in [6.07, 6.45) is 11.1. The minimum atomic E-state index is -0.780. The van der Waals surface area contributed by atoms with E-state index in [0.29, 0.717) is 24.2 Å². The highest BCUT2D eigenvalue weighted by molar-refractivity contribution is 5.87. The number of ether oxygens (including phenoxy) is 1. The van der Waals surface area contributed by atoms with Gasteiger partial charge in [0.25, 0.3) is 0 Å². The maximum atomic E-state index is 13.0. The number of benzene rings is 1. The van der Waals surface area contributed by atoms with E-state index in [4.69, 9.17) is 4.74 Å². The van der Waals surface area contributed by atoms with Crippen molar-refractivity contribution >= 4 is 18.0 Å². The van der Waals surface area contributed by atoms with Crippen LogP contribution in [0.5, 0.6) is 5.75 Å². The van der Waals surface area contributed by atoms with E-state index < -0.39 is 35.0 Å². The molecule has 0 amide bonds. The van der Waals surface area contributed by atoms with Gasteiger partial charge < -0.3 is 20.1 Å². The molecule has 0 bridgehead atoms. The summed E-state index contributed by atoms with van der Waals surface area (Å²) < 4.78 is 6.05. The summed E-state index contributed by atoms with van der Waals surface area (Å²) in [5.41, 5.74) is 0.857. The molecule has 0 radical (unpaired) electrons. The van der Waals surface area contributed by atoms with Crippen LogP contribution in [0.3, 0.4) is 0 Å². The fraction of sp³-hybridized carbons (Fsp3) is 0.692. The van der Waals surface area contributed by atoms with Crippen LogP contribution in [-0.4, -0.2) is 39.5 Å². The van der Waals surface area contributed by atoms with Gasteiger partial charge in [-0.25, -0.2) is 4.79 Å². The average molecular weight is 619 g/mol. The molecule has 4 fully saturated rings. The standard InChI is InChI=1S/C39H54O6/c1-23-16-19-39(34(43)44)21-20-37(6)27(32(39)24(23)2)13-14-30-36(5)22-28(41)33(35(3,4)29(36)17-18-38(30,37)7)45-31(42)15-10-25-8-11-26(40)12-9-25/h8-13,15,23-24,28-30,32-33,40-41H,14,16-22H2,1-7H3,(H,43,44)/b15-10+/t23-,24+,28-,29-,30+,32+,33+,36+,37-,38-,39+/m1/s1. The van der Waals surface area contributed by atoms with Gasteiger partial charge in [-0.3, -0.25) is 4.79 Å². The van der Waals surface area contributed by atoms with Crippen LogP contribution >= 0.6 is 0 Å². The fourth-order valence-corrected chi connectivity index (χ4v) is 12.1. The Morgan fingerprint density at radius 1 is 0.933 bits per heavy atom. The summed E-state index contributed by atoms with van der Waals surface area (Å²) in [5, 5.41) is 32.0. The highest BCUT2D eigenvalue weighted by Crippen LogP contribution is 2.75. The molecule has 0 unspecified atom stereocenters. The molecule has 11 atom stereocenters. The summed E-state index contributed by atoms with van der Waals surface area (Å²) in [4.78, 5) is 26.0. The van der Waals surface area contributed by atoms with Crippen molar-refractivity contribution in [2.24, 2.45) is 56.7 Å². The van der Waals surface area contributed by atoms with Crippen LogP contribution in [-0.2, 0) is 14.3 Å². The fourth-order valence-electron chi connectivity index (χ4n) is 12.1. The molecule has 3 N–H and O–H groups in total. The number of carbonyl (C=O) groups excluding carboxylic acids is 1. The maximum absolute atomic E-state index is 13.0. The van der Waals surface area contributed by atoms with E-state index >= 15 is 0 Å². The molecule has 45 heavy (non-hydrogen) atoms. The zero-order valence-corrected chi connectivity index (χ0v) is 28.3. The van der Waals surface area contributed by atoms with Gasteiger partial charge in [-0.2, -0.15) is 0 Å².